The zero-order chi connectivity index (χ0) is 19.9. The SMILES string of the molecule is CCOC(=O)c1cc2c(Br)cn(C)c(=O)c2n1S(=O)(=O)c1ccccc1C. The van der Waals surface area contributed by atoms with E-state index in [4.69, 9.17) is 4.74 Å². The second-order valence-corrected chi connectivity index (χ2v) is 8.55. The molecular formula is C18H17BrN2O5S. The van der Waals surface area contributed by atoms with E-state index in [0.29, 0.717) is 15.4 Å². The molecule has 7 nitrogen and oxygen atoms in total. The Labute approximate surface area is 164 Å². The molecule has 0 saturated carbocycles. The minimum atomic E-state index is -4.22. The molecule has 142 valence electrons. The van der Waals surface area contributed by atoms with Crippen molar-refractivity contribution in [2.75, 3.05) is 6.61 Å². The normalized spacial score (nSPS) is 11.7. The summed E-state index contributed by atoms with van der Waals surface area (Å²) in [7, 11) is -2.71. The average molecular weight is 453 g/mol. The van der Waals surface area contributed by atoms with Gasteiger partial charge in [0.25, 0.3) is 15.6 Å². The molecule has 2 heterocycles. The maximum Gasteiger partial charge on any atom is 0.356 e. The lowest BCUT2D eigenvalue weighted by atomic mass is 10.2. The van der Waals surface area contributed by atoms with E-state index in [-0.39, 0.29) is 22.7 Å². The van der Waals surface area contributed by atoms with Gasteiger partial charge >= 0.3 is 5.97 Å². The van der Waals surface area contributed by atoms with Crippen LogP contribution in [0.1, 0.15) is 23.0 Å². The standard InChI is InChI=1S/C18H17BrN2O5S/c1-4-26-18(23)14-9-12-13(19)10-20(3)17(22)16(12)21(14)27(24,25)15-8-6-5-7-11(15)2/h5-10H,4H2,1-3H3. The number of nitrogens with zero attached hydrogens (tertiary/aromatic N) is 2. The summed E-state index contributed by atoms with van der Waals surface area (Å²) < 4.78 is 34.4. The molecule has 0 saturated heterocycles. The van der Waals surface area contributed by atoms with E-state index in [2.05, 4.69) is 15.9 Å². The predicted molar refractivity (Wildman–Crippen MR) is 105 cm³/mol. The molecule has 3 aromatic rings. The van der Waals surface area contributed by atoms with Crippen molar-refractivity contribution < 1.29 is 17.9 Å². The molecule has 2 aromatic heterocycles. The van der Waals surface area contributed by atoms with Crippen LogP contribution in [-0.4, -0.2) is 29.5 Å². The Morgan fingerprint density at radius 1 is 1.26 bits per heavy atom. The van der Waals surface area contributed by atoms with Crippen molar-refractivity contribution in [3.8, 4) is 0 Å². The van der Waals surface area contributed by atoms with Gasteiger partial charge in [0.15, 0.2) is 0 Å². The van der Waals surface area contributed by atoms with Crippen LogP contribution in [0.4, 0.5) is 0 Å². The first-order valence-corrected chi connectivity index (χ1v) is 10.3. The van der Waals surface area contributed by atoms with Crippen LogP contribution in [0.5, 0.6) is 0 Å². The predicted octanol–water partition coefficient (Wildman–Crippen LogP) is 2.82. The summed E-state index contributed by atoms with van der Waals surface area (Å²) in [6.07, 6.45) is 1.52. The van der Waals surface area contributed by atoms with Crippen molar-refractivity contribution in [1.82, 2.24) is 8.54 Å². The van der Waals surface area contributed by atoms with Crippen LogP contribution in [0, 0.1) is 6.92 Å². The van der Waals surface area contributed by atoms with Crippen molar-refractivity contribution in [2.45, 2.75) is 18.7 Å². The van der Waals surface area contributed by atoms with Gasteiger partial charge in [0.1, 0.15) is 11.2 Å². The van der Waals surface area contributed by atoms with Gasteiger partial charge in [-0.15, -0.1) is 0 Å². The van der Waals surface area contributed by atoms with Gasteiger partial charge in [0, 0.05) is 23.1 Å². The molecule has 0 aliphatic carbocycles. The Morgan fingerprint density at radius 3 is 2.56 bits per heavy atom. The van der Waals surface area contributed by atoms with Crippen LogP contribution in [-0.2, 0) is 21.8 Å². The quantitative estimate of drug-likeness (QED) is 0.567. The number of carbonyl (C=O) groups is 1. The Hall–Kier alpha value is -2.39. The third kappa shape index (κ3) is 3.10. The van der Waals surface area contributed by atoms with Crippen LogP contribution < -0.4 is 5.56 Å². The lowest BCUT2D eigenvalue weighted by Crippen LogP contribution is -2.25. The van der Waals surface area contributed by atoms with Crippen LogP contribution >= 0.6 is 15.9 Å². The largest absolute Gasteiger partial charge is 0.461 e. The molecule has 0 fully saturated rings. The van der Waals surface area contributed by atoms with Gasteiger partial charge < -0.3 is 9.30 Å². The Kier molecular flexibility index (Phi) is 5.00. The number of pyridine rings is 1. The smallest absolute Gasteiger partial charge is 0.356 e. The number of rotatable bonds is 4. The molecule has 27 heavy (non-hydrogen) atoms. The van der Waals surface area contributed by atoms with E-state index in [1.54, 1.807) is 32.0 Å². The number of hydrogen-bond acceptors (Lipinski definition) is 5. The molecule has 0 atom stereocenters. The topological polar surface area (TPSA) is 87.4 Å². The van der Waals surface area contributed by atoms with Gasteiger partial charge in [0.05, 0.1) is 11.5 Å². The molecule has 3 rings (SSSR count). The number of benzene rings is 1. The van der Waals surface area contributed by atoms with Crippen molar-refractivity contribution in [3.05, 3.63) is 62.6 Å². The molecule has 0 aliphatic rings. The minimum Gasteiger partial charge on any atom is -0.461 e. The highest BCUT2D eigenvalue weighted by molar-refractivity contribution is 9.10. The number of aromatic nitrogens is 2. The summed E-state index contributed by atoms with van der Waals surface area (Å²) in [6.45, 7) is 3.34. The molecule has 0 radical (unpaired) electrons. The summed E-state index contributed by atoms with van der Waals surface area (Å²) in [4.78, 5) is 25.2. The molecule has 0 spiro atoms. The highest BCUT2D eigenvalue weighted by Gasteiger charge is 2.30. The zero-order valence-corrected chi connectivity index (χ0v) is 17.3. The van der Waals surface area contributed by atoms with Gasteiger partial charge in [-0.2, -0.15) is 0 Å². The maximum absolute atomic E-state index is 13.4. The first-order chi connectivity index (χ1) is 12.7. The van der Waals surface area contributed by atoms with Crippen molar-refractivity contribution in [1.29, 1.82) is 0 Å². The Balaban J connectivity index is 2.50. The third-order valence-electron chi connectivity index (χ3n) is 4.14. The lowest BCUT2D eigenvalue weighted by molar-refractivity contribution is 0.0518. The summed E-state index contributed by atoms with van der Waals surface area (Å²) in [6, 6.07) is 7.74. The van der Waals surface area contributed by atoms with Crippen molar-refractivity contribution >= 4 is 42.8 Å². The van der Waals surface area contributed by atoms with E-state index in [0.717, 1.165) is 3.97 Å². The summed E-state index contributed by atoms with van der Waals surface area (Å²) in [5.74, 6) is -0.820. The number of ether oxygens (including phenoxy) is 1. The van der Waals surface area contributed by atoms with Gasteiger partial charge in [0.2, 0.25) is 0 Å². The Morgan fingerprint density at radius 2 is 1.93 bits per heavy atom. The van der Waals surface area contributed by atoms with Gasteiger partial charge in [-0.3, -0.25) is 4.79 Å². The molecule has 9 heteroatoms. The first kappa shape index (κ1) is 19.4. The monoisotopic (exact) mass is 452 g/mol. The van der Waals surface area contributed by atoms with E-state index in [9.17, 15) is 18.0 Å². The fourth-order valence-electron chi connectivity index (χ4n) is 2.88. The highest BCUT2D eigenvalue weighted by atomic mass is 79.9. The molecule has 0 bridgehead atoms. The zero-order valence-electron chi connectivity index (χ0n) is 14.9. The molecule has 1 aromatic carbocycles. The van der Waals surface area contributed by atoms with Crippen LogP contribution in [0.15, 0.2) is 50.7 Å². The number of esters is 1. The minimum absolute atomic E-state index is 0.00933. The second-order valence-electron chi connectivity index (χ2n) is 5.94. The second kappa shape index (κ2) is 6.97. The molecule has 0 unspecified atom stereocenters. The van der Waals surface area contributed by atoms with Crippen molar-refractivity contribution in [3.63, 3.8) is 0 Å². The first-order valence-electron chi connectivity index (χ1n) is 8.09. The van der Waals surface area contributed by atoms with Gasteiger partial charge in [-0.25, -0.2) is 17.2 Å². The van der Waals surface area contributed by atoms with E-state index < -0.39 is 21.6 Å². The average Bonchev–Trinajstić information content (AvgIpc) is 3.02. The third-order valence-corrected chi connectivity index (χ3v) is 6.65. The Bertz CT molecular complexity index is 1220. The number of aryl methyl sites for hydroxylation is 2. The summed E-state index contributed by atoms with van der Waals surface area (Å²) in [5.41, 5.74) is -0.376. The highest BCUT2D eigenvalue weighted by Crippen LogP contribution is 2.30. The molecular weight excluding hydrogens is 436 g/mol. The van der Waals surface area contributed by atoms with E-state index in [1.807, 2.05) is 0 Å². The fourth-order valence-corrected chi connectivity index (χ4v) is 5.22. The molecule has 0 amide bonds. The van der Waals surface area contributed by atoms with E-state index >= 15 is 0 Å². The summed E-state index contributed by atoms with van der Waals surface area (Å²) in [5, 5.41) is 0.318. The maximum atomic E-state index is 13.4. The van der Waals surface area contributed by atoms with Crippen LogP contribution in [0.2, 0.25) is 0 Å². The number of carbonyl (C=O) groups excluding carboxylic acids is 1. The lowest BCUT2D eigenvalue weighted by Gasteiger charge is -2.13. The van der Waals surface area contributed by atoms with Gasteiger partial charge in [-0.05, 0) is 47.5 Å². The summed E-state index contributed by atoms with van der Waals surface area (Å²) >= 11 is 3.33. The van der Waals surface area contributed by atoms with Crippen LogP contribution in [0.25, 0.3) is 10.9 Å². The number of fused-ring (bicyclic) bond motifs is 1. The van der Waals surface area contributed by atoms with Crippen molar-refractivity contribution in [2.24, 2.45) is 7.05 Å². The molecule has 0 aliphatic heterocycles. The number of halogens is 1. The van der Waals surface area contributed by atoms with Gasteiger partial charge in [-0.1, -0.05) is 18.2 Å². The number of hydrogen-bond donors (Lipinski definition) is 0. The van der Waals surface area contributed by atoms with E-state index in [1.165, 1.54) is 29.9 Å². The molecule has 0 N–H and O–H groups in total. The fraction of sp³-hybridized carbons (Fsp3) is 0.222. The van der Waals surface area contributed by atoms with Crippen LogP contribution in [0.3, 0.4) is 0 Å².